The monoisotopic (exact) mass is 347 g/mol. The minimum absolute atomic E-state index is 0.0259. The molecule has 25 heavy (non-hydrogen) atoms. The zero-order valence-corrected chi connectivity index (χ0v) is 15.3. The Hall–Kier alpha value is -2.14. The normalized spacial score (nSPS) is 12.4. The molecule has 4 nitrogen and oxygen atoms in total. The minimum Gasteiger partial charge on any atom is -0.478 e. The maximum absolute atomic E-state index is 13.5. The molecule has 0 fully saturated rings. The smallest absolute Gasteiger partial charge is 0.337 e. The second kappa shape index (κ2) is 8.30. The van der Waals surface area contributed by atoms with Crippen LogP contribution in [0.2, 0.25) is 0 Å². The summed E-state index contributed by atoms with van der Waals surface area (Å²) in [6.45, 7) is 8.39. The lowest BCUT2D eigenvalue weighted by Crippen LogP contribution is -2.15. The highest BCUT2D eigenvalue weighted by Gasteiger charge is 2.20. The maximum atomic E-state index is 13.5. The third kappa shape index (κ3) is 4.48. The first-order chi connectivity index (χ1) is 11.8. The van der Waals surface area contributed by atoms with Gasteiger partial charge in [0.2, 0.25) is 0 Å². The van der Waals surface area contributed by atoms with Crippen LogP contribution >= 0.6 is 0 Å². The van der Waals surface area contributed by atoms with Crippen LogP contribution in [-0.2, 0) is 11.2 Å². The van der Waals surface area contributed by atoms with Gasteiger partial charge >= 0.3 is 5.97 Å². The van der Waals surface area contributed by atoms with E-state index in [1.807, 2.05) is 18.4 Å². The van der Waals surface area contributed by atoms with Gasteiger partial charge in [-0.15, -0.1) is 0 Å². The molecule has 1 heterocycles. The largest absolute Gasteiger partial charge is 0.478 e. The van der Waals surface area contributed by atoms with Crippen molar-refractivity contribution in [1.82, 2.24) is 4.57 Å². The average molecular weight is 347 g/mol. The topological polar surface area (TPSA) is 51.5 Å². The summed E-state index contributed by atoms with van der Waals surface area (Å²) in [5.41, 5.74) is 3.31. The van der Waals surface area contributed by atoms with E-state index >= 15 is 0 Å². The number of hydrogen-bond donors (Lipinski definition) is 1. The number of benzene rings is 1. The van der Waals surface area contributed by atoms with Crippen molar-refractivity contribution >= 4 is 5.97 Å². The first kappa shape index (κ1) is 19.2. The third-order valence-electron chi connectivity index (χ3n) is 4.35. The van der Waals surface area contributed by atoms with Gasteiger partial charge in [-0.3, -0.25) is 0 Å². The van der Waals surface area contributed by atoms with Gasteiger partial charge in [0.1, 0.15) is 5.82 Å². The summed E-state index contributed by atoms with van der Waals surface area (Å²) < 4.78 is 21.2. The van der Waals surface area contributed by atoms with E-state index in [1.54, 1.807) is 19.1 Å². The van der Waals surface area contributed by atoms with E-state index in [4.69, 9.17) is 4.74 Å². The molecule has 0 spiro atoms. The Balaban J connectivity index is 2.41. The molecule has 0 unspecified atom stereocenters. The van der Waals surface area contributed by atoms with Crippen molar-refractivity contribution in [1.29, 1.82) is 0 Å². The summed E-state index contributed by atoms with van der Waals surface area (Å²) in [5, 5.41) is 9.47. The van der Waals surface area contributed by atoms with Crippen LogP contribution in [0.15, 0.2) is 24.3 Å². The van der Waals surface area contributed by atoms with Gasteiger partial charge in [0.15, 0.2) is 0 Å². The predicted octanol–water partition coefficient (Wildman–Crippen LogP) is 4.68. The lowest BCUT2D eigenvalue weighted by molar-refractivity contribution is 0.0634. The summed E-state index contributed by atoms with van der Waals surface area (Å²) in [6, 6.07) is 6.24. The van der Waals surface area contributed by atoms with E-state index in [0.717, 1.165) is 29.8 Å². The quantitative estimate of drug-likeness (QED) is 0.706. The number of carboxylic acids is 1. The fourth-order valence-electron chi connectivity index (χ4n) is 3.03. The van der Waals surface area contributed by atoms with Gasteiger partial charge in [0, 0.05) is 30.1 Å². The van der Waals surface area contributed by atoms with Crippen LogP contribution in [0, 0.1) is 19.7 Å². The highest BCUT2D eigenvalue weighted by Crippen LogP contribution is 2.25. The Morgan fingerprint density at radius 2 is 2.04 bits per heavy atom. The van der Waals surface area contributed by atoms with E-state index in [2.05, 4.69) is 6.92 Å². The van der Waals surface area contributed by atoms with Crippen molar-refractivity contribution in [2.24, 2.45) is 0 Å². The molecule has 5 heteroatoms. The van der Waals surface area contributed by atoms with Crippen LogP contribution in [0.5, 0.6) is 0 Å². The van der Waals surface area contributed by atoms with Gasteiger partial charge in [-0.05, 0) is 57.0 Å². The Labute approximate surface area is 148 Å². The molecule has 1 N–H and O–H groups in total. The molecule has 0 saturated heterocycles. The number of carboxylic acid groups (broad SMARTS) is 1. The lowest BCUT2D eigenvalue weighted by atomic mass is 10.1. The molecule has 0 saturated carbocycles. The van der Waals surface area contributed by atoms with E-state index in [1.165, 1.54) is 12.1 Å². The molecule has 1 aromatic carbocycles. The van der Waals surface area contributed by atoms with Crippen LogP contribution in [0.1, 0.15) is 54.0 Å². The first-order valence-corrected chi connectivity index (χ1v) is 8.67. The number of ether oxygens (including phenoxy) is 1. The second-order valence-electron chi connectivity index (χ2n) is 6.45. The van der Waals surface area contributed by atoms with E-state index in [-0.39, 0.29) is 17.5 Å². The first-order valence-electron chi connectivity index (χ1n) is 8.67. The molecule has 2 rings (SSSR count). The number of carbonyl (C=O) groups is 1. The number of halogens is 1. The standard InChI is InChI=1S/C20H26FNO3/c1-5-6-9-25-14(3)11-17-12-18(20(23)24)15(4)22(17)19-8-7-16(21)10-13(19)2/h7-8,10,12,14H,5-6,9,11H2,1-4H3,(H,23,24)/t14-/m0/s1. The highest BCUT2D eigenvalue weighted by molar-refractivity contribution is 5.89. The molecular weight excluding hydrogens is 321 g/mol. The number of aryl methyl sites for hydroxylation is 1. The molecule has 136 valence electrons. The van der Waals surface area contributed by atoms with E-state index in [0.29, 0.717) is 18.7 Å². The molecule has 2 aromatic rings. The molecule has 0 aliphatic heterocycles. The SMILES string of the molecule is CCCCO[C@@H](C)Cc1cc(C(=O)O)c(C)n1-c1ccc(F)cc1C. The number of aromatic carboxylic acids is 1. The van der Waals surface area contributed by atoms with Crippen LogP contribution in [0.4, 0.5) is 4.39 Å². The zero-order valence-electron chi connectivity index (χ0n) is 15.3. The van der Waals surface area contributed by atoms with E-state index < -0.39 is 5.97 Å². The molecular formula is C20H26FNO3. The van der Waals surface area contributed by atoms with E-state index in [9.17, 15) is 14.3 Å². The van der Waals surface area contributed by atoms with Gasteiger partial charge in [0.25, 0.3) is 0 Å². The summed E-state index contributed by atoms with van der Waals surface area (Å²) in [4.78, 5) is 11.5. The molecule has 0 radical (unpaired) electrons. The summed E-state index contributed by atoms with van der Waals surface area (Å²) in [5.74, 6) is -1.26. The van der Waals surface area contributed by atoms with Crippen LogP contribution in [0.3, 0.4) is 0 Å². The van der Waals surface area contributed by atoms with Crippen molar-refractivity contribution in [2.45, 2.75) is 53.1 Å². The van der Waals surface area contributed by atoms with Gasteiger partial charge < -0.3 is 14.4 Å². The molecule has 1 atom stereocenters. The van der Waals surface area contributed by atoms with Gasteiger partial charge in [0.05, 0.1) is 11.7 Å². The second-order valence-corrected chi connectivity index (χ2v) is 6.45. The van der Waals surface area contributed by atoms with Crippen molar-refractivity contribution in [2.75, 3.05) is 6.61 Å². The number of nitrogens with zero attached hydrogens (tertiary/aromatic N) is 1. The lowest BCUT2D eigenvalue weighted by Gasteiger charge is -2.18. The fourth-order valence-corrected chi connectivity index (χ4v) is 3.03. The van der Waals surface area contributed by atoms with Crippen LogP contribution < -0.4 is 0 Å². The van der Waals surface area contributed by atoms with Crippen molar-refractivity contribution in [3.05, 3.63) is 52.6 Å². The predicted molar refractivity (Wildman–Crippen MR) is 96.2 cm³/mol. The number of aromatic nitrogens is 1. The highest BCUT2D eigenvalue weighted by atomic mass is 19.1. The molecule has 0 aliphatic rings. The minimum atomic E-state index is -0.961. The van der Waals surface area contributed by atoms with Gasteiger partial charge in [-0.25, -0.2) is 9.18 Å². The molecule has 1 aromatic heterocycles. The molecule has 0 bridgehead atoms. The average Bonchev–Trinajstić information content (AvgIpc) is 2.84. The van der Waals surface area contributed by atoms with Crippen LogP contribution in [-0.4, -0.2) is 28.4 Å². The third-order valence-corrected chi connectivity index (χ3v) is 4.35. The number of unbranched alkanes of at least 4 members (excludes halogenated alkanes) is 1. The fraction of sp³-hybridized carbons (Fsp3) is 0.450. The van der Waals surface area contributed by atoms with Crippen LogP contribution in [0.25, 0.3) is 5.69 Å². The molecule has 0 amide bonds. The zero-order chi connectivity index (χ0) is 18.6. The Kier molecular flexibility index (Phi) is 6.37. The van der Waals surface area contributed by atoms with Crippen molar-refractivity contribution in [3.8, 4) is 5.69 Å². The number of hydrogen-bond acceptors (Lipinski definition) is 2. The Morgan fingerprint density at radius 3 is 2.64 bits per heavy atom. The summed E-state index contributed by atoms with van der Waals surface area (Å²) >= 11 is 0. The van der Waals surface area contributed by atoms with Gasteiger partial charge in [-0.2, -0.15) is 0 Å². The van der Waals surface area contributed by atoms with Crippen molar-refractivity contribution < 1.29 is 19.0 Å². The molecule has 0 aliphatic carbocycles. The summed E-state index contributed by atoms with van der Waals surface area (Å²) in [7, 11) is 0. The Morgan fingerprint density at radius 1 is 1.32 bits per heavy atom. The number of rotatable bonds is 8. The maximum Gasteiger partial charge on any atom is 0.337 e. The Bertz CT molecular complexity index is 752. The summed E-state index contributed by atoms with van der Waals surface area (Å²) in [6.07, 6.45) is 2.64. The van der Waals surface area contributed by atoms with Crippen molar-refractivity contribution in [3.63, 3.8) is 0 Å². The van der Waals surface area contributed by atoms with Gasteiger partial charge in [-0.1, -0.05) is 13.3 Å².